The Hall–Kier alpha value is -0.470. The van der Waals surface area contributed by atoms with Gasteiger partial charge < -0.3 is 10.2 Å². The van der Waals surface area contributed by atoms with Crippen LogP contribution in [0.4, 0.5) is 0 Å². The predicted octanol–water partition coefficient (Wildman–Crippen LogP) is 0.340. The molecule has 0 aromatic carbocycles. The van der Waals surface area contributed by atoms with Gasteiger partial charge in [0.05, 0.1) is 18.1 Å². The lowest BCUT2D eigenvalue weighted by molar-refractivity contribution is 0.217. The molecule has 1 heterocycles. The third kappa shape index (κ3) is 3.26. The number of nitrogens with zero attached hydrogens (tertiary/aromatic N) is 1. The van der Waals surface area contributed by atoms with Crippen molar-refractivity contribution in [3.63, 3.8) is 0 Å². The topological polar surface area (TPSA) is 77.8 Å². The van der Waals surface area contributed by atoms with E-state index in [9.17, 15) is 8.42 Å². The Balaban J connectivity index is 3.11. The van der Waals surface area contributed by atoms with Crippen molar-refractivity contribution < 1.29 is 18.6 Å². The van der Waals surface area contributed by atoms with Gasteiger partial charge in [-0.25, -0.2) is 8.42 Å². The summed E-state index contributed by atoms with van der Waals surface area (Å²) in [5, 5.41) is 17.7. The molecule has 0 spiro atoms. The lowest BCUT2D eigenvalue weighted by Crippen LogP contribution is -2.35. The van der Waals surface area contributed by atoms with E-state index in [4.69, 9.17) is 10.2 Å². The van der Waals surface area contributed by atoms with E-state index in [1.807, 2.05) is 6.92 Å². The third-order valence-electron chi connectivity index (χ3n) is 2.31. The number of aliphatic hydroxyl groups excluding tert-OH is 2. The first kappa shape index (κ1) is 14.6. The molecule has 1 rings (SSSR count). The van der Waals surface area contributed by atoms with E-state index in [0.29, 0.717) is 0 Å². The van der Waals surface area contributed by atoms with E-state index < -0.39 is 10.0 Å². The maximum atomic E-state index is 12.3. The minimum absolute atomic E-state index is 0.00275. The Kier molecular flexibility index (Phi) is 5.08. The van der Waals surface area contributed by atoms with Crippen molar-refractivity contribution in [3.05, 3.63) is 15.8 Å². The van der Waals surface area contributed by atoms with E-state index >= 15 is 0 Å². The van der Waals surface area contributed by atoms with Gasteiger partial charge in [-0.3, -0.25) is 0 Å². The molecule has 1 aromatic heterocycles. The third-order valence-corrected chi connectivity index (χ3v) is 5.43. The van der Waals surface area contributed by atoms with Gasteiger partial charge >= 0.3 is 0 Å². The quantitative estimate of drug-likeness (QED) is 0.787. The first-order chi connectivity index (χ1) is 7.93. The molecule has 0 radical (unpaired) electrons. The van der Waals surface area contributed by atoms with E-state index in [0.717, 1.165) is 14.1 Å². The van der Waals surface area contributed by atoms with Gasteiger partial charge in [-0.1, -0.05) is 0 Å². The molecule has 17 heavy (non-hydrogen) atoms. The molecule has 0 bridgehead atoms. The van der Waals surface area contributed by atoms with Gasteiger partial charge in [0.15, 0.2) is 0 Å². The van der Waals surface area contributed by atoms with Crippen molar-refractivity contribution in [1.82, 2.24) is 4.31 Å². The fraction of sp³-hybridized carbons (Fsp3) is 0.600. The summed E-state index contributed by atoms with van der Waals surface area (Å²) >= 11 is 1.42. The molecule has 0 aliphatic rings. The Bertz CT molecular complexity index is 461. The second kappa shape index (κ2) is 5.92. The van der Waals surface area contributed by atoms with E-state index in [1.165, 1.54) is 11.3 Å². The molecule has 0 saturated heterocycles. The molecule has 0 aliphatic heterocycles. The predicted molar refractivity (Wildman–Crippen MR) is 66.7 cm³/mol. The molecule has 1 aromatic rings. The number of hydrogen-bond acceptors (Lipinski definition) is 5. The first-order valence-electron chi connectivity index (χ1n) is 5.22. The van der Waals surface area contributed by atoms with Crippen LogP contribution >= 0.6 is 11.3 Å². The minimum Gasteiger partial charge on any atom is -0.395 e. The summed E-state index contributed by atoms with van der Waals surface area (Å²) in [5.41, 5.74) is 0. The number of hydrogen-bond donors (Lipinski definition) is 2. The summed E-state index contributed by atoms with van der Waals surface area (Å²) in [6, 6.07) is 1.62. The molecule has 0 amide bonds. The van der Waals surface area contributed by atoms with Gasteiger partial charge in [-0.15, -0.1) is 11.3 Å². The number of sulfonamides is 1. The number of thiophene rings is 1. The van der Waals surface area contributed by atoms with Crippen LogP contribution in [0.2, 0.25) is 0 Å². The van der Waals surface area contributed by atoms with Crippen LogP contribution in [0, 0.1) is 13.8 Å². The van der Waals surface area contributed by atoms with Gasteiger partial charge in [-0.05, 0) is 19.9 Å². The zero-order chi connectivity index (χ0) is 13.1. The van der Waals surface area contributed by atoms with Gasteiger partial charge in [0.25, 0.3) is 0 Å². The van der Waals surface area contributed by atoms with E-state index in [-0.39, 0.29) is 31.2 Å². The Morgan fingerprint density at radius 3 is 2.12 bits per heavy atom. The average molecular weight is 279 g/mol. The highest BCUT2D eigenvalue weighted by atomic mass is 32.2. The highest BCUT2D eigenvalue weighted by Gasteiger charge is 2.26. The van der Waals surface area contributed by atoms with Crippen molar-refractivity contribution in [3.8, 4) is 0 Å². The SMILES string of the molecule is Cc1cc(S(=O)(=O)N(CCO)CCO)c(C)s1. The molecule has 0 fully saturated rings. The van der Waals surface area contributed by atoms with Crippen LogP contribution in [-0.4, -0.2) is 49.2 Å². The normalized spacial score (nSPS) is 12.3. The lowest BCUT2D eigenvalue weighted by atomic mass is 10.4. The standard InChI is InChI=1S/C10H17NO4S2/c1-8-7-10(9(2)16-8)17(14,15)11(3-5-12)4-6-13/h7,12-13H,3-6H2,1-2H3. The van der Waals surface area contributed by atoms with Crippen LogP contribution in [0.3, 0.4) is 0 Å². The monoisotopic (exact) mass is 279 g/mol. The van der Waals surface area contributed by atoms with E-state index in [1.54, 1.807) is 13.0 Å². The van der Waals surface area contributed by atoms with Gasteiger partial charge in [-0.2, -0.15) is 4.31 Å². The van der Waals surface area contributed by atoms with Gasteiger partial charge in [0.1, 0.15) is 0 Å². The van der Waals surface area contributed by atoms with Crippen LogP contribution in [0.25, 0.3) is 0 Å². The lowest BCUT2D eigenvalue weighted by Gasteiger charge is -2.19. The van der Waals surface area contributed by atoms with Crippen LogP contribution in [0.5, 0.6) is 0 Å². The molecule has 2 N–H and O–H groups in total. The average Bonchev–Trinajstić information content (AvgIpc) is 2.58. The van der Waals surface area contributed by atoms with Crippen molar-refractivity contribution >= 4 is 21.4 Å². The van der Waals surface area contributed by atoms with Crippen LogP contribution < -0.4 is 0 Å². The van der Waals surface area contributed by atoms with E-state index in [2.05, 4.69) is 0 Å². The smallest absolute Gasteiger partial charge is 0.244 e. The number of rotatable bonds is 6. The van der Waals surface area contributed by atoms with Crippen molar-refractivity contribution in [2.75, 3.05) is 26.3 Å². The van der Waals surface area contributed by atoms with Crippen molar-refractivity contribution in [2.45, 2.75) is 18.7 Å². The zero-order valence-corrected chi connectivity index (χ0v) is 11.5. The van der Waals surface area contributed by atoms with Crippen molar-refractivity contribution in [1.29, 1.82) is 0 Å². The fourth-order valence-corrected chi connectivity index (χ4v) is 4.52. The fourth-order valence-electron chi connectivity index (χ4n) is 1.58. The largest absolute Gasteiger partial charge is 0.395 e. The first-order valence-corrected chi connectivity index (χ1v) is 7.48. The maximum Gasteiger partial charge on any atom is 0.244 e. The molecule has 7 heteroatoms. The maximum absolute atomic E-state index is 12.3. The molecule has 0 saturated carbocycles. The number of aliphatic hydroxyl groups is 2. The molecular weight excluding hydrogens is 262 g/mol. The second-order valence-corrected chi connectivity index (χ2v) is 7.00. The van der Waals surface area contributed by atoms with Gasteiger partial charge in [0.2, 0.25) is 10.0 Å². The number of aryl methyl sites for hydroxylation is 2. The summed E-state index contributed by atoms with van der Waals surface area (Å²) in [6.45, 7) is 3.07. The zero-order valence-electron chi connectivity index (χ0n) is 9.88. The summed E-state index contributed by atoms with van der Waals surface area (Å²) in [7, 11) is -3.61. The Morgan fingerprint density at radius 2 is 1.76 bits per heavy atom. The van der Waals surface area contributed by atoms with Crippen LogP contribution in [-0.2, 0) is 10.0 Å². The summed E-state index contributed by atoms with van der Waals surface area (Å²) < 4.78 is 25.6. The summed E-state index contributed by atoms with van der Waals surface area (Å²) in [4.78, 5) is 1.92. The second-order valence-electron chi connectivity index (χ2n) is 3.63. The van der Waals surface area contributed by atoms with Gasteiger partial charge in [0, 0.05) is 22.8 Å². The highest BCUT2D eigenvalue weighted by Crippen LogP contribution is 2.27. The molecule has 0 unspecified atom stereocenters. The molecule has 5 nitrogen and oxygen atoms in total. The summed E-state index contributed by atoms with van der Waals surface area (Å²) in [6.07, 6.45) is 0. The Labute approximate surface area is 105 Å². The summed E-state index contributed by atoms with van der Waals surface area (Å²) in [5.74, 6) is 0. The van der Waals surface area contributed by atoms with Crippen molar-refractivity contribution in [2.24, 2.45) is 0 Å². The van der Waals surface area contributed by atoms with Crippen LogP contribution in [0.15, 0.2) is 11.0 Å². The highest BCUT2D eigenvalue weighted by molar-refractivity contribution is 7.89. The molecule has 98 valence electrons. The molecule has 0 atom stereocenters. The van der Waals surface area contributed by atoms with Crippen LogP contribution in [0.1, 0.15) is 9.75 Å². The molecule has 0 aliphatic carbocycles. The Morgan fingerprint density at radius 1 is 1.24 bits per heavy atom. The molecular formula is C10H17NO4S2. The minimum atomic E-state index is -3.61.